The summed E-state index contributed by atoms with van der Waals surface area (Å²) in [5.41, 5.74) is -2.50. The number of sulfonamides is 1. The SMILES string of the molecule is COc1ccc(F)cc1CCn1c(=O)n(C(C)(C)C(=O)NS(=O)(=O)C2(C)CC2)c(=O)c2c(C)c(-n3nccn3)sc21.OC1C[C@H]2CC[C@@H](C1)O2.[HH]. The predicted molar refractivity (Wildman–Crippen MR) is 186 cm³/mol. The number of hydrogen-bond acceptors (Lipinski definition) is 11. The minimum absolute atomic E-state index is 0. The fourth-order valence-corrected chi connectivity index (χ4v) is 9.07. The van der Waals surface area contributed by atoms with Gasteiger partial charge >= 0.3 is 5.69 Å². The summed E-state index contributed by atoms with van der Waals surface area (Å²) in [6, 6.07) is 4.04. The molecule has 3 aromatic heterocycles. The predicted octanol–water partition coefficient (Wildman–Crippen LogP) is 3.17. The third kappa shape index (κ3) is 6.63. The van der Waals surface area contributed by atoms with Crippen LogP contribution in [-0.2, 0) is 38.1 Å². The van der Waals surface area contributed by atoms with Crippen LogP contribution in [0.3, 0.4) is 0 Å². The molecule has 3 atom stereocenters. The first-order valence-corrected chi connectivity index (χ1v) is 18.7. The van der Waals surface area contributed by atoms with E-state index in [-0.39, 0.29) is 25.9 Å². The molecule has 2 N–H and O–H groups in total. The number of carbonyl (C=O) groups excluding carboxylic acids is 1. The summed E-state index contributed by atoms with van der Waals surface area (Å²) in [5.74, 6) is -1.07. The smallest absolute Gasteiger partial charge is 0.333 e. The van der Waals surface area contributed by atoms with Crippen LogP contribution >= 0.6 is 11.3 Å². The van der Waals surface area contributed by atoms with Gasteiger partial charge in [-0.15, -0.1) is 4.80 Å². The van der Waals surface area contributed by atoms with E-state index >= 15 is 0 Å². The third-order valence-corrected chi connectivity index (χ3v) is 13.3. The lowest BCUT2D eigenvalue weighted by molar-refractivity contribution is -0.126. The fraction of sp³-hybridized carbons (Fsp3) is 0.545. The molecule has 4 aromatic rings. The average molecular weight is 735 g/mol. The number of hydrogen-bond donors (Lipinski definition) is 2. The zero-order valence-corrected chi connectivity index (χ0v) is 30.1. The van der Waals surface area contributed by atoms with Gasteiger partial charge in [0.05, 0.1) is 47.9 Å². The molecule has 1 saturated carbocycles. The third-order valence-electron chi connectivity index (χ3n) is 9.85. The Morgan fingerprint density at radius 1 is 1.20 bits per heavy atom. The van der Waals surface area contributed by atoms with Crippen molar-refractivity contribution in [1.82, 2.24) is 28.9 Å². The van der Waals surface area contributed by atoms with E-state index in [1.165, 1.54) is 80.7 Å². The van der Waals surface area contributed by atoms with Gasteiger partial charge in [-0.3, -0.25) is 18.9 Å². The number of amides is 1. The first-order chi connectivity index (χ1) is 23.6. The maximum atomic E-state index is 14.1. The fourth-order valence-electron chi connectivity index (χ4n) is 6.46. The summed E-state index contributed by atoms with van der Waals surface area (Å²) >= 11 is 1.12. The number of nitrogens with one attached hydrogen (secondary N) is 1. The van der Waals surface area contributed by atoms with Crippen LogP contribution in [0.15, 0.2) is 40.2 Å². The lowest BCUT2D eigenvalue weighted by atomic mass is 10.0. The maximum absolute atomic E-state index is 14.1. The van der Waals surface area contributed by atoms with Crippen molar-refractivity contribution in [3.63, 3.8) is 0 Å². The van der Waals surface area contributed by atoms with Crippen molar-refractivity contribution in [3.05, 3.63) is 68.4 Å². The Hall–Kier alpha value is -3.93. The summed E-state index contributed by atoms with van der Waals surface area (Å²) in [6.45, 7) is 5.84. The quantitative estimate of drug-likeness (QED) is 0.260. The van der Waals surface area contributed by atoms with Gasteiger partial charge in [0.15, 0.2) is 0 Å². The van der Waals surface area contributed by atoms with Crippen molar-refractivity contribution < 1.29 is 33.6 Å². The first-order valence-electron chi connectivity index (χ1n) is 16.4. The number of thiophene rings is 1. The molecule has 1 aromatic carbocycles. The van der Waals surface area contributed by atoms with Crippen molar-refractivity contribution in [2.75, 3.05) is 7.11 Å². The number of benzene rings is 1. The molecule has 1 unspecified atom stereocenters. The number of nitrogens with zero attached hydrogens (tertiary/aromatic N) is 5. The standard InChI is InChI=1S/C26H29FN6O6S2.C7H12O2.H2/c1-15-19-20(34)32(25(2,3)23(35)30-41(37,38)26(4)9-10-26)24(36)31(22(19)40-21(15)33-28-11-12-29-33)13-8-16-14-17(27)6-7-18(16)39-5;8-5-3-6-1-2-7(4-5)9-6;/h6-7,11-12,14H,8-10,13H2,1-5H3,(H,30,35);5-8H,1-4H2;1H/t;5?,6-,7+;. The Balaban J connectivity index is 0.000000434. The van der Waals surface area contributed by atoms with E-state index < -0.39 is 43.3 Å². The minimum Gasteiger partial charge on any atom is -0.496 e. The number of methoxy groups -OCH3 is 1. The number of fused-ring (bicyclic) bond motifs is 3. The number of aryl methyl sites for hydroxylation is 3. The van der Waals surface area contributed by atoms with Crippen LogP contribution in [0.5, 0.6) is 5.75 Å². The summed E-state index contributed by atoms with van der Waals surface area (Å²) in [5, 5.41) is 18.2. The van der Waals surface area contributed by atoms with Gasteiger partial charge in [-0.25, -0.2) is 22.2 Å². The highest BCUT2D eigenvalue weighted by Gasteiger charge is 2.52. The molecule has 17 heteroatoms. The lowest BCUT2D eigenvalue weighted by Gasteiger charge is -2.27. The van der Waals surface area contributed by atoms with E-state index in [9.17, 15) is 32.3 Å². The summed E-state index contributed by atoms with van der Waals surface area (Å²) in [6.07, 6.45) is 8.68. The molecule has 14 nitrogen and oxygen atoms in total. The van der Waals surface area contributed by atoms with E-state index in [1.54, 1.807) is 6.92 Å². The minimum atomic E-state index is -4.04. The molecule has 1 aliphatic carbocycles. The van der Waals surface area contributed by atoms with Gasteiger partial charge in [0.25, 0.3) is 11.5 Å². The number of halogens is 1. The van der Waals surface area contributed by atoms with Crippen molar-refractivity contribution in [2.45, 2.75) is 108 Å². The van der Waals surface area contributed by atoms with Gasteiger partial charge in [0.2, 0.25) is 10.0 Å². The molecule has 0 radical (unpaired) electrons. The highest BCUT2D eigenvalue weighted by Crippen LogP contribution is 2.42. The molecule has 5 heterocycles. The molecule has 3 fully saturated rings. The number of ether oxygens (including phenoxy) is 2. The molecule has 1 amide bonds. The van der Waals surface area contributed by atoms with Crippen LogP contribution in [0.1, 0.15) is 71.8 Å². The van der Waals surface area contributed by atoms with Crippen LogP contribution in [0.2, 0.25) is 0 Å². The second kappa shape index (κ2) is 13.3. The highest BCUT2D eigenvalue weighted by molar-refractivity contribution is 7.91. The molecule has 2 bridgehead atoms. The summed E-state index contributed by atoms with van der Waals surface area (Å²) in [7, 11) is -2.59. The van der Waals surface area contributed by atoms with Gasteiger partial charge in [0.1, 0.15) is 26.9 Å². The maximum Gasteiger partial charge on any atom is 0.333 e. The number of aliphatic hydroxyl groups is 1. The second-order valence-electron chi connectivity index (χ2n) is 13.8. The summed E-state index contributed by atoms with van der Waals surface area (Å²) < 4.78 is 53.7. The van der Waals surface area contributed by atoms with E-state index in [0.717, 1.165) is 28.7 Å². The van der Waals surface area contributed by atoms with E-state index in [2.05, 4.69) is 14.9 Å². The Kier molecular flexibility index (Phi) is 9.56. The first kappa shape index (κ1) is 35.9. The highest BCUT2D eigenvalue weighted by atomic mass is 32.2. The van der Waals surface area contributed by atoms with Crippen LogP contribution in [0.25, 0.3) is 15.2 Å². The lowest BCUT2D eigenvalue weighted by Crippen LogP contribution is -2.57. The van der Waals surface area contributed by atoms with E-state index in [4.69, 9.17) is 9.47 Å². The molecular weight excluding hydrogens is 692 g/mol. The normalized spacial score (nSPS) is 21.1. The molecule has 272 valence electrons. The van der Waals surface area contributed by atoms with Crippen molar-refractivity contribution in [3.8, 4) is 10.8 Å². The van der Waals surface area contributed by atoms with Crippen molar-refractivity contribution in [1.29, 1.82) is 0 Å². The van der Waals surface area contributed by atoms with Crippen molar-refractivity contribution in [2.24, 2.45) is 0 Å². The number of carbonyl (C=O) groups is 1. The average Bonchev–Trinajstić information content (AvgIpc) is 3.34. The largest absolute Gasteiger partial charge is 0.496 e. The van der Waals surface area contributed by atoms with Crippen LogP contribution < -0.4 is 20.7 Å². The zero-order chi connectivity index (χ0) is 36.2. The molecule has 50 heavy (non-hydrogen) atoms. The molecule has 0 spiro atoms. The number of rotatable bonds is 9. The molecule has 7 rings (SSSR count). The molecule has 2 saturated heterocycles. The summed E-state index contributed by atoms with van der Waals surface area (Å²) in [4.78, 5) is 43.0. The van der Waals surface area contributed by atoms with Gasteiger partial charge in [-0.05, 0) is 96.4 Å². The number of aromatic nitrogens is 5. The van der Waals surface area contributed by atoms with Gasteiger partial charge in [-0.1, -0.05) is 11.3 Å². The van der Waals surface area contributed by atoms with Crippen LogP contribution in [-0.4, -0.2) is 73.7 Å². The Morgan fingerprint density at radius 3 is 2.44 bits per heavy atom. The molecule has 3 aliphatic rings. The Labute approximate surface area is 293 Å². The van der Waals surface area contributed by atoms with Crippen LogP contribution in [0, 0.1) is 12.7 Å². The Morgan fingerprint density at radius 2 is 1.84 bits per heavy atom. The monoisotopic (exact) mass is 734 g/mol. The van der Waals surface area contributed by atoms with Crippen LogP contribution in [0.4, 0.5) is 4.39 Å². The van der Waals surface area contributed by atoms with E-state index in [1.807, 2.05) is 0 Å². The zero-order valence-electron chi connectivity index (χ0n) is 28.5. The second-order valence-corrected chi connectivity index (χ2v) is 17.0. The van der Waals surface area contributed by atoms with Crippen molar-refractivity contribution >= 4 is 37.5 Å². The van der Waals surface area contributed by atoms with Gasteiger partial charge in [0, 0.05) is 13.5 Å². The Bertz CT molecular complexity index is 2150. The van der Waals surface area contributed by atoms with Gasteiger partial charge in [-0.2, -0.15) is 10.2 Å². The molecular formula is C33H43FN6O8S2. The van der Waals surface area contributed by atoms with Gasteiger partial charge < -0.3 is 14.6 Å². The topological polar surface area (TPSA) is 177 Å². The van der Waals surface area contributed by atoms with E-state index in [0.29, 0.717) is 51.8 Å². The molecule has 2 aliphatic heterocycles. The number of aliphatic hydroxyl groups excluding tert-OH is 1.